The first kappa shape index (κ1) is 19.3. The van der Waals surface area contributed by atoms with Crippen LogP contribution < -0.4 is 19.9 Å². The van der Waals surface area contributed by atoms with Gasteiger partial charge in [-0.15, -0.1) is 11.3 Å². The van der Waals surface area contributed by atoms with Crippen molar-refractivity contribution in [3.05, 3.63) is 75.4 Å². The highest BCUT2D eigenvalue weighted by Gasteiger charge is 2.24. The van der Waals surface area contributed by atoms with Crippen molar-refractivity contribution >= 4 is 33.1 Å². The zero-order valence-corrected chi connectivity index (χ0v) is 17.7. The molecule has 5 rings (SSSR count). The van der Waals surface area contributed by atoms with Crippen LogP contribution in [0, 0.1) is 6.92 Å². The van der Waals surface area contributed by atoms with E-state index in [1.54, 1.807) is 31.6 Å². The molecule has 1 aliphatic heterocycles. The van der Waals surface area contributed by atoms with Gasteiger partial charge in [0.2, 0.25) is 6.79 Å². The number of ether oxygens (including phenoxy) is 2. The SMILES string of the molecule is Cc1sc2ncn(Cc3ccc4c(c3)OCO4)c(=O)c2c1C(=O)N(C)c1cccnc1. The maximum absolute atomic E-state index is 13.4. The fourth-order valence-electron chi connectivity index (χ4n) is 3.58. The van der Waals surface area contributed by atoms with Crippen molar-refractivity contribution in [3.8, 4) is 11.5 Å². The van der Waals surface area contributed by atoms with Gasteiger partial charge in [-0.05, 0) is 36.8 Å². The van der Waals surface area contributed by atoms with E-state index in [0.717, 1.165) is 10.4 Å². The number of aromatic nitrogens is 3. The van der Waals surface area contributed by atoms with Crippen molar-refractivity contribution in [1.82, 2.24) is 14.5 Å². The minimum Gasteiger partial charge on any atom is -0.454 e. The summed E-state index contributed by atoms with van der Waals surface area (Å²) >= 11 is 1.34. The second kappa shape index (κ2) is 7.51. The van der Waals surface area contributed by atoms with Crippen LogP contribution in [0.25, 0.3) is 10.2 Å². The van der Waals surface area contributed by atoms with Gasteiger partial charge >= 0.3 is 0 Å². The molecular weight excluding hydrogens is 416 g/mol. The number of hydrogen-bond acceptors (Lipinski definition) is 7. The van der Waals surface area contributed by atoms with Gasteiger partial charge in [-0.3, -0.25) is 19.1 Å². The van der Waals surface area contributed by atoms with Gasteiger partial charge < -0.3 is 14.4 Å². The van der Waals surface area contributed by atoms with Gasteiger partial charge in [0.05, 0.1) is 35.7 Å². The minimum atomic E-state index is -0.267. The molecule has 0 bridgehead atoms. The van der Waals surface area contributed by atoms with E-state index in [9.17, 15) is 9.59 Å². The van der Waals surface area contributed by atoms with Gasteiger partial charge in [-0.25, -0.2) is 4.98 Å². The van der Waals surface area contributed by atoms with E-state index in [-0.39, 0.29) is 18.3 Å². The number of amides is 1. The third-order valence-electron chi connectivity index (χ3n) is 5.20. The van der Waals surface area contributed by atoms with E-state index >= 15 is 0 Å². The highest BCUT2D eigenvalue weighted by molar-refractivity contribution is 7.19. The molecule has 1 amide bonds. The van der Waals surface area contributed by atoms with Crippen LogP contribution in [-0.4, -0.2) is 34.3 Å². The summed E-state index contributed by atoms with van der Waals surface area (Å²) in [5, 5.41) is 0.339. The molecule has 0 saturated heterocycles. The van der Waals surface area contributed by atoms with Gasteiger partial charge in [0, 0.05) is 18.1 Å². The first-order valence-corrected chi connectivity index (χ1v) is 10.4. The van der Waals surface area contributed by atoms with Gasteiger partial charge in [0.1, 0.15) is 4.83 Å². The van der Waals surface area contributed by atoms with Gasteiger partial charge in [0.15, 0.2) is 11.5 Å². The molecule has 0 atom stereocenters. The molecule has 3 aromatic heterocycles. The third kappa shape index (κ3) is 3.32. The molecule has 156 valence electrons. The second-order valence-electron chi connectivity index (χ2n) is 7.15. The molecule has 4 heterocycles. The lowest BCUT2D eigenvalue weighted by Crippen LogP contribution is -2.29. The molecule has 8 nitrogen and oxygen atoms in total. The number of rotatable bonds is 4. The number of carbonyl (C=O) groups excluding carboxylic acids is 1. The van der Waals surface area contributed by atoms with E-state index in [1.165, 1.54) is 27.1 Å². The summed E-state index contributed by atoms with van der Waals surface area (Å²) in [6.45, 7) is 2.33. The fourth-order valence-corrected chi connectivity index (χ4v) is 4.55. The Balaban J connectivity index is 1.55. The summed E-state index contributed by atoms with van der Waals surface area (Å²) in [5.41, 5.74) is 1.65. The van der Waals surface area contributed by atoms with Crippen LogP contribution in [0.3, 0.4) is 0 Å². The quantitative estimate of drug-likeness (QED) is 0.490. The van der Waals surface area contributed by atoms with Crippen LogP contribution in [0.15, 0.2) is 53.8 Å². The first-order valence-electron chi connectivity index (χ1n) is 9.58. The molecule has 0 spiro atoms. The summed E-state index contributed by atoms with van der Waals surface area (Å²) in [5.74, 6) is 1.07. The number of fused-ring (bicyclic) bond motifs is 2. The Morgan fingerprint density at radius 3 is 2.90 bits per heavy atom. The van der Waals surface area contributed by atoms with Gasteiger partial charge in [-0.1, -0.05) is 6.07 Å². The molecule has 0 N–H and O–H groups in total. The molecule has 0 radical (unpaired) electrons. The summed E-state index contributed by atoms with van der Waals surface area (Å²) < 4.78 is 12.3. The van der Waals surface area contributed by atoms with E-state index < -0.39 is 0 Å². The van der Waals surface area contributed by atoms with Crippen molar-refractivity contribution < 1.29 is 14.3 Å². The highest BCUT2D eigenvalue weighted by Crippen LogP contribution is 2.33. The maximum atomic E-state index is 13.4. The average molecular weight is 434 g/mol. The summed E-state index contributed by atoms with van der Waals surface area (Å²) in [6.07, 6.45) is 4.77. The van der Waals surface area contributed by atoms with E-state index in [0.29, 0.717) is 39.5 Å². The van der Waals surface area contributed by atoms with E-state index in [2.05, 4.69) is 9.97 Å². The Morgan fingerprint density at radius 1 is 1.26 bits per heavy atom. The van der Waals surface area contributed by atoms with Crippen molar-refractivity contribution in [1.29, 1.82) is 0 Å². The predicted molar refractivity (Wildman–Crippen MR) is 117 cm³/mol. The molecule has 1 aromatic carbocycles. The minimum absolute atomic E-state index is 0.191. The molecule has 4 aromatic rings. The number of carbonyl (C=O) groups is 1. The van der Waals surface area contributed by atoms with Crippen molar-refractivity contribution in [2.75, 3.05) is 18.7 Å². The van der Waals surface area contributed by atoms with Crippen molar-refractivity contribution in [3.63, 3.8) is 0 Å². The summed E-state index contributed by atoms with van der Waals surface area (Å²) in [6, 6.07) is 9.11. The Morgan fingerprint density at radius 2 is 2.10 bits per heavy atom. The zero-order chi connectivity index (χ0) is 21.5. The number of aryl methyl sites for hydroxylation is 1. The number of thiophene rings is 1. The van der Waals surface area contributed by atoms with Crippen LogP contribution in [-0.2, 0) is 6.54 Å². The Bertz CT molecular complexity index is 1360. The molecule has 31 heavy (non-hydrogen) atoms. The number of anilines is 1. The average Bonchev–Trinajstić information content (AvgIpc) is 3.39. The van der Waals surface area contributed by atoms with Crippen molar-refractivity contribution in [2.24, 2.45) is 0 Å². The lowest BCUT2D eigenvalue weighted by atomic mass is 10.1. The van der Waals surface area contributed by atoms with Crippen LogP contribution in [0.5, 0.6) is 11.5 Å². The molecule has 0 unspecified atom stereocenters. The van der Waals surface area contributed by atoms with Gasteiger partial charge in [-0.2, -0.15) is 0 Å². The predicted octanol–water partition coefficient (Wildman–Crippen LogP) is 3.22. The van der Waals surface area contributed by atoms with E-state index in [4.69, 9.17) is 9.47 Å². The first-order chi connectivity index (χ1) is 15.0. The topological polar surface area (TPSA) is 86.5 Å². The monoisotopic (exact) mass is 434 g/mol. The second-order valence-corrected chi connectivity index (χ2v) is 8.36. The number of nitrogens with zero attached hydrogens (tertiary/aromatic N) is 4. The molecule has 0 fully saturated rings. The van der Waals surface area contributed by atoms with Crippen LogP contribution in [0.4, 0.5) is 5.69 Å². The standard InChI is InChI=1S/C22H18N4O4S/c1-13-18(21(27)25(2)15-4-3-7-23-9-15)19-20(31-13)24-11-26(22(19)28)10-14-5-6-16-17(8-14)30-12-29-16/h3-9,11H,10,12H2,1-2H3. The Kier molecular flexibility index (Phi) is 4.67. The molecule has 1 aliphatic rings. The van der Waals surface area contributed by atoms with Crippen LogP contribution in [0.1, 0.15) is 20.8 Å². The highest BCUT2D eigenvalue weighted by atomic mass is 32.1. The molecule has 9 heteroatoms. The number of hydrogen-bond donors (Lipinski definition) is 0. The largest absolute Gasteiger partial charge is 0.454 e. The van der Waals surface area contributed by atoms with E-state index in [1.807, 2.05) is 25.1 Å². The van der Waals surface area contributed by atoms with Crippen LogP contribution >= 0.6 is 11.3 Å². The number of pyridine rings is 1. The normalized spacial score (nSPS) is 12.3. The lowest BCUT2D eigenvalue weighted by Gasteiger charge is -2.17. The summed E-state index contributed by atoms with van der Waals surface area (Å²) in [4.78, 5) is 38.0. The molecule has 0 aliphatic carbocycles. The summed E-state index contributed by atoms with van der Waals surface area (Å²) in [7, 11) is 1.67. The Hall–Kier alpha value is -3.72. The van der Waals surface area contributed by atoms with Crippen molar-refractivity contribution in [2.45, 2.75) is 13.5 Å². The fraction of sp³-hybridized carbons (Fsp3) is 0.182. The Labute approximate surface area is 181 Å². The lowest BCUT2D eigenvalue weighted by molar-refractivity contribution is 0.0994. The van der Waals surface area contributed by atoms with Gasteiger partial charge in [0.25, 0.3) is 11.5 Å². The maximum Gasteiger partial charge on any atom is 0.263 e. The number of benzene rings is 1. The van der Waals surface area contributed by atoms with Crippen LogP contribution in [0.2, 0.25) is 0 Å². The molecule has 0 saturated carbocycles. The smallest absolute Gasteiger partial charge is 0.263 e. The third-order valence-corrected chi connectivity index (χ3v) is 6.21. The zero-order valence-electron chi connectivity index (χ0n) is 16.9. The molecular formula is C22H18N4O4S.